The zero-order chi connectivity index (χ0) is 27.4. The highest BCUT2D eigenvalue weighted by atomic mass is 15.5. The van der Waals surface area contributed by atoms with Gasteiger partial charge in [0.15, 0.2) is 11.6 Å². The fourth-order valence-electron chi connectivity index (χ4n) is 5.64. The molecule has 2 aliphatic rings. The fraction of sp³-hybridized carbons (Fsp3) is 0.121. The fourth-order valence-corrected chi connectivity index (χ4v) is 5.64. The van der Waals surface area contributed by atoms with E-state index in [2.05, 4.69) is 95.2 Å². The van der Waals surface area contributed by atoms with Crippen LogP contribution in [0.5, 0.6) is 0 Å². The zero-order valence-corrected chi connectivity index (χ0v) is 22.8. The molecule has 0 saturated carbocycles. The first-order valence-electron chi connectivity index (χ1n) is 13.3. The van der Waals surface area contributed by atoms with Gasteiger partial charge < -0.3 is 0 Å². The topological polar surface area (TPSA) is 70.4 Å². The summed E-state index contributed by atoms with van der Waals surface area (Å²) < 4.78 is 0. The van der Waals surface area contributed by atoms with Crippen molar-refractivity contribution in [3.05, 3.63) is 123 Å². The molecule has 7 rings (SSSR count). The Morgan fingerprint density at radius 2 is 1.20 bits per heavy atom. The molecule has 3 aromatic carbocycles. The van der Waals surface area contributed by atoms with Crippen molar-refractivity contribution in [3.8, 4) is 0 Å². The number of hydrogen-bond acceptors (Lipinski definition) is 7. The molecule has 40 heavy (non-hydrogen) atoms. The number of aromatic nitrogens is 4. The van der Waals surface area contributed by atoms with Crippen molar-refractivity contribution in [2.24, 2.45) is 4.99 Å². The summed E-state index contributed by atoms with van der Waals surface area (Å²) in [5.74, 6) is 2.48. The molecule has 0 aliphatic carbocycles. The van der Waals surface area contributed by atoms with Crippen LogP contribution in [0.4, 0.5) is 23.0 Å². The second-order valence-electron chi connectivity index (χ2n) is 10.2. The summed E-state index contributed by atoms with van der Waals surface area (Å²) in [7, 11) is 0. The lowest BCUT2D eigenvalue weighted by atomic mass is 10.1. The highest BCUT2D eigenvalue weighted by Gasteiger charge is 2.38. The van der Waals surface area contributed by atoms with Crippen LogP contribution in [-0.2, 0) is 0 Å². The zero-order valence-electron chi connectivity index (χ0n) is 22.8. The lowest BCUT2D eigenvalue weighted by Gasteiger charge is -2.28. The van der Waals surface area contributed by atoms with E-state index in [-0.39, 0.29) is 0 Å². The van der Waals surface area contributed by atoms with Crippen molar-refractivity contribution < 1.29 is 0 Å². The molecule has 0 radical (unpaired) electrons. The monoisotopic (exact) mass is 521 g/mol. The molecule has 0 amide bonds. The number of fused-ring (bicyclic) bond motifs is 3. The van der Waals surface area contributed by atoms with Crippen LogP contribution >= 0.6 is 0 Å². The Morgan fingerprint density at radius 1 is 0.650 bits per heavy atom. The first kappa shape index (κ1) is 23.9. The van der Waals surface area contributed by atoms with E-state index < -0.39 is 0 Å². The Morgan fingerprint density at radius 3 is 1.75 bits per heavy atom. The van der Waals surface area contributed by atoms with E-state index in [1.807, 2.05) is 36.4 Å². The molecule has 5 aromatic rings. The molecule has 0 bridgehead atoms. The molecule has 2 aliphatic heterocycles. The molecule has 0 spiro atoms. The summed E-state index contributed by atoms with van der Waals surface area (Å²) in [4.78, 5) is 19.4. The van der Waals surface area contributed by atoms with Crippen LogP contribution < -0.4 is 20.5 Å². The van der Waals surface area contributed by atoms with Crippen LogP contribution in [0.25, 0.3) is 23.2 Å². The molecule has 194 valence electrons. The largest absolute Gasteiger partial charge is 0.276 e. The Bertz CT molecular complexity index is 1880. The van der Waals surface area contributed by atoms with Gasteiger partial charge in [0.2, 0.25) is 0 Å². The number of rotatable bonds is 3. The maximum absolute atomic E-state index is 5.20. The van der Waals surface area contributed by atoms with Crippen LogP contribution in [-0.4, -0.2) is 20.2 Å². The number of aryl methyl sites for hydroxylation is 4. The minimum atomic E-state index is 0.708. The van der Waals surface area contributed by atoms with Crippen molar-refractivity contribution in [3.63, 3.8) is 0 Å². The maximum atomic E-state index is 5.20. The SMILES string of the molecule is Cc1cccc(C)c1N1C(=C/C=c2/nncc3c2=NC=C3)N(c2c(C)cccc2C)c2nc3ccccc3nc21. The average molecular weight is 522 g/mol. The van der Waals surface area contributed by atoms with Crippen molar-refractivity contribution in [1.82, 2.24) is 20.2 Å². The summed E-state index contributed by atoms with van der Waals surface area (Å²) in [5.41, 5.74) is 9.41. The van der Waals surface area contributed by atoms with Crippen LogP contribution in [0.3, 0.4) is 0 Å². The van der Waals surface area contributed by atoms with Gasteiger partial charge in [0.25, 0.3) is 0 Å². The third-order valence-corrected chi connectivity index (χ3v) is 7.47. The molecular formula is C33H27N7. The second kappa shape index (κ2) is 9.24. The Labute approximate surface area is 232 Å². The summed E-state index contributed by atoms with van der Waals surface area (Å²) >= 11 is 0. The summed E-state index contributed by atoms with van der Waals surface area (Å²) in [6, 6.07) is 20.8. The van der Waals surface area contributed by atoms with E-state index in [1.54, 1.807) is 12.4 Å². The van der Waals surface area contributed by atoms with Crippen molar-refractivity contribution in [2.75, 3.05) is 9.80 Å². The molecule has 7 nitrogen and oxygen atoms in total. The number of allylic oxidation sites excluding steroid dienone is 1. The van der Waals surface area contributed by atoms with Crippen molar-refractivity contribution >= 4 is 46.2 Å². The highest BCUT2D eigenvalue weighted by molar-refractivity contribution is 5.95. The average Bonchev–Trinajstić information content (AvgIpc) is 3.54. The Kier molecular flexibility index (Phi) is 5.52. The Balaban J connectivity index is 1.59. The first-order valence-corrected chi connectivity index (χ1v) is 13.3. The van der Waals surface area contributed by atoms with Gasteiger partial charge in [0.1, 0.15) is 11.2 Å². The lowest BCUT2D eigenvalue weighted by Crippen LogP contribution is -2.31. The molecule has 7 heteroatoms. The molecular weight excluding hydrogens is 494 g/mol. The smallest absolute Gasteiger partial charge is 0.183 e. The van der Waals surface area contributed by atoms with Gasteiger partial charge in [-0.25, -0.2) is 9.97 Å². The predicted octanol–water partition coefficient (Wildman–Crippen LogP) is 5.87. The number of benzene rings is 3. The van der Waals surface area contributed by atoms with Gasteiger partial charge in [0, 0.05) is 11.8 Å². The van der Waals surface area contributed by atoms with Gasteiger partial charge >= 0.3 is 0 Å². The number of anilines is 4. The van der Waals surface area contributed by atoms with Crippen LogP contribution in [0.2, 0.25) is 0 Å². The summed E-state index contributed by atoms with van der Waals surface area (Å²) in [6.45, 7) is 8.55. The lowest BCUT2D eigenvalue weighted by molar-refractivity contribution is 0.965. The van der Waals surface area contributed by atoms with Crippen LogP contribution in [0.1, 0.15) is 27.8 Å². The summed E-state index contributed by atoms with van der Waals surface area (Å²) in [5, 5.41) is 10.2. The standard InChI is InChI=1S/C33H27N7/c1-20-9-7-10-21(2)30(20)39-28(16-15-27-29-24(17-18-34-29)19-35-38-27)40(31-22(3)11-8-12-23(31)4)33-32(39)36-25-13-5-6-14-26(25)37-33/h5-19H,1-4H3/b27-15+. The third-order valence-electron chi connectivity index (χ3n) is 7.47. The van der Waals surface area contributed by atoms with Gasteiger partial charge in [0.05, 0.1) is 34.0 Å². The van der Waals surface area contributed by atoms with Gasteiger partial charge in [-0.15, -0.1) is 5.10 Å². The van der Waals surface area contributed by atoms with E-state index in [0.717, 1.165) is 73.0 Å². The van der Waals surface area contributed by atoms with E-state index in [1.165, 1.54) is 0 Å². The van der Waals surface area contributed by atoms with Gasteiger partial charge in [-0.05, 0) is 80.3 Å². The van der Waals surface area contributed by atoms with Crippen LogP contribution in [0, 0.1) is 27.7 Å². The molecule has 0 saturated heterocycles. The quantitative estimate of drug-likeness (QED) is 0.296. The maximum Gasteiger partial charge on any atom is 0.183 e. The summed E-state index contributed by atoms with van der Waals surface area (Å²) in [6.07, 6.45) is 9.55. The van der Waals surface area contributed by atoms with Gasteiger partial charge in [-0.1, -0.05) is 48.5 Å². The normalized spacial score (nSPS) is 14.1. The first-order chi connectivity index (χ1) is 19.5. The number of nitrogens with zero attached hydrogens (tertiary/aromatic N) is 7. The molecule has 2 aromatic heterocycles. The minimum Gasteiger partial charge on any atom is -0.276 e. The second-order valence-corrected chi connectivity index (χ2v) is 10.2. The van der Waals surface area contributed by atoms with Crippen molar-refractivity contribution in [2.45, 2.75) is 27.7 Å². The highest BCUT2D eigenvalue weighted by Crippen LogP contribution is 2.50. The van der Waals surface area contributed by atoms with Gasteiger partial charge in [-0.3, -0.25) is 14.8 Å². The van der Waals surface area contributed by atoms with Crippen LogP contribution in [0.15, 0.2) is 89.9 Å². The third kappa shape index (κ3) is 3.70. The predicted molar refractivity (Wildman–Crippen MR) is 160 cm³/mol. The van der Waals surface area contributed by atoms with E-state index in [4.69, 9.17) is 9.97 Å². The molecule has 0 atom stereocenters. The van der Waals surface area contributed by atoms with E-state index in [0.29, 0.717) is 5.35 Å². The Hall–Kier alpha value is -5.17. The number of para-hydroxylation sites is 4. The number of hydrogen-bond donors (Lipinski definition) is 0. The molecule has 0 N–H and O–H groups in total. The molecule has 0 fully saturated rings. The van der Waals surface area contributed by atoms with Gasteiger partial charge in [-0.2, -0.15) is 5.10 Å². The molecule has 4 heterocycles. The van der Waals surface area contributed by atoms with E-state index in [9.17, 15) is 0 Å². The van der Waals surface area contributed by atoms with E-state index >= 15 is 0 Å². The molecule has 0 unspecified atom stereocenters. The minimum absolute atomic E-state index is 0.708. The van der Waals surface area contributed by atoms with Crippen molar-refractivity contribution in [1.29, 1.82) is 0 Å².